The Labute approximate surface area is 196 Å². The van der Waals surface area contributed by atoms with Gasteiger partial charge < -0.3 is 15.2 Å². The predicted octanol–water partition coefficient (Wildman–Crippen LogP) is 4.61. The molecule has 172 valence electrons. The molecule has 2 heterocycles. The predicted molar refractivity (Wildman–Crippen MR) is 125 cm³/mol. The van der Waals surface area contributed by atoms with Crippen LogP contribution in [-0.4, -0.2) is 33.1 Å². The van der Waals surface area contributed by atoms with Crippen molar-refractivity contribution in [2.24, 2.45) is 0 Å². The van der Waals surface area contributed by atoms with E-state index in [4.69, 9.17) is 11.6 Å². The van der Waals surface area contributed by atoms with Crippen molar-refractivity contribution in [3.05, 3.63) is 64.7 Å². The Kier molecular flexibility index (Phi) is 7.34. The van der Waals surface area contributed by atoms with Crippen LogP contribution in [0.2, 0.25) is 5.02 Å². The van der Waals surface area contributed by atoms with Gasteiger partial charge in [-0.25, -0.2) is 4.39 Å². The van der Waals surface area contributed by atoms with E-state index in [0.717, 1.165) is 38.1 Å². The van der Waals surface area contributed by atoms with Crippen LogP contribution in [0.4, 0.5) is 10.1 Å². The minimum Gasteiger partial charge on any atom is -0.352 e. The topological polar surface area (TPSA) is 88.9 Å². The minimum atomic E-state index is -0.515. The zero-order chi connectivity index (χ0) is 23.2. The molecule has 2 aromatic carbocycles. The van der Waals surface area contributed by atoms with Crippen LogP contribution in [0.5, 0.6) is 0 Å². The molecule has 0 fully saturated rings. The molecule has 0 radical (unpaired) electrons. The van der Waals surface area contributed by atoms with E-state index >= 15 is 0 Å². The first-order valence-electron chi connectivity index (χ1n) is 11.1. The zero-order valence-electron chi connectivity index (χ0n) is 18.1. The van der Waals surface area contributed by atoms with Crippen molar-refractivity contribution in [3.8, 4) is 11.4 Å². The largest absolute Gasteiger partial charge is 0.352 e. The molecular formula is C24H25ClFN5O2. The number of aromatic nitrogens is 3. The highest BCUT2D eigenvalue weighted by Crippen LogP contribution is 2.26. The summed E-state index contributed by atoms with van der Waals surface area (Å²) in [5, 5.41) is 14.5. The molecule has 1 aromatic heterocycles. The molecule has 0 unspecified atom stereocenters. The maximum absolute atomic E-state index is 14.4. The summed E-state index contributed by atoms with van der Waals surface area (Å²) in [7, 11) is 0. The minimum absolute atomic E-state index is 0.105. The van der Waals surface area contributed by atoms with Crippen molar-refractivity contribution in [2.45, 2.75) is 45.1 Å². The second-order valence-electron chi connectivity index (χ2n) is 8.01. The van der Waals surface area contributed by atoms with Crippen molar-refractivity contribution in [1.29, 1.82) is 0 Å². The highest BCUT2D eigenvalue weighted by Gasteiger charge is 2.17. The average Bonchev–Trinajstić information content (AvgIpc) is 3.06. The van der Waals surface area contributed by atoms with Gasteiger partial charge in [0.25, 0.3) is 5.91 Å². The van der Waals surface area contributed by atoms with Crippen LogP contribution in [-0.2, 0) is 17.8 Å². The molecule has 4 rings (SSSR count). The molecule has 0 aliphatic carbocycles. The molecule has 3 aromatic rings. The van der Waals surface area contributed by atoms with Crippen molar-refractivity contribution >= 4 is 29.1 Å². The molecule has 0 bridgehead atoms. The van der Waals surface area contributed by atoms with Gasteiger partial charge in [-0.1, -0.05) is 18.0 Å². The maximum atomic E-state index is 14.4. The summed E-state index contributed by atoms with van der Waals surface area (Å²) in [6.45, 7) is 1.15. The lowest BCUT2D eigenvalue weighted by atomic mass is 10.1. The first-order chi connectivity index (χ1) is 16.0. The summed E-state index contributed by atoms with van der Waals surface area (Å²) in [6.07, 6.45) is 4.73. The molecule has 2 amide bonds. The number of carbonyl (C=O) groups excluding carboxylic acids is 2. The fraction of sp³-hybridized carbons (Fsp3) is 0.333. The van der Waals surface area contributed by atoms with E-state index in [-0.39, 0.29) is 23.9 Å². The highest BCUT2D eigenvalue weighted by molar-refractivity contribution is 6.30. The SMILES string of the molecule is O=C(CCCNC(=O)c1ccc(Cl)cc1)Nc1cc(-c2nnc3n2CCCCC3)ccc1F. The lowest BCUT2D eigenvalue weighted by Gasteiger charge is -2.11. The van der Waals surface area contributed by atoms with Gasteiger partial charge >= 0.3 is 0 Å². The van der Waals surface area contributed by atoms with E-state index < -0.39 is 5.82 Å². The number of hydrogen-bond acceptors (Lipinski definition) is 4. The van der Waals surface area contributed by atoms with Gasteiger partial charge in [0.15, 0.2) is 5.82 Å². The number of fused-ring (bicyclic) bond motifs is 1. The molecule has 2 N–H and O–H groups in total. The number of rotatable bonds is 7. The number of nitrogens with zero attached hydrogens (tertiary/aromatic N) is 3. The van der Waals surface area contributed by atoms with Crippen LogP contribution < -0.4 is 10.6 Å². The van der Waals surface area contributed by atoms with Crippen LogP contribution in [0.1, 0.15) is 48.3 Å². The smallest absolute Gasteiger partial charge is 0.251 e. The molecule has 0 spiro atoms. The van der Waals surface area contributed by atoms with Gasteiger partial charge in [-0.3, -0.25) is 9.59 Å². The highest BCUT2D eigenvalue weighted by atomic mass is 35.5. The third-order valence-electron chi connectivity index (χ3n) is 5.58. The number of hydrogen-bond donors (Lipinski definition) is 2. The van der Waals surface area contributed by atoms with E-state index in [1.165, 1.54) is 6.07 Å². The zero-order valence-corrected chi connectivity index (χ0v) is 18.9. The normalized spacial score (nSPS) is 13.2. The Morgan fingerprint density at radius 3 is 2.70 bits per heavy atom. The Morgan fingerprint density at radius 2 is 1.88 bits per heavy atom. The number of halogens is 2. The molecule has 0 saturated heterocycles. The van der Waals surface area contributed by atoms with Crippen LogP contribution in [0.15, 0.2) is 42.5 Å². The van der Waals surface area contributed by atoms with Crippen LogP contribution >= 0.6 is 11.6 Å². The second kappa shape index (κ2) is 10.6. The maximum Gasteiger partial charge on any atom is 0.251 e. The third kappa shape index (κ3) is 5.76. The number of benzene rings is 2. The standard InChI is InChI=1S/C24H25ClFN5O2/c25-18-10-7-16(8-11-18)24(33)27-13-4-6-22(32)28-20-15-17(9-12-19(20)26)23-30-29-21-5-2-1-3-14-31(21)23/h7-12,15H,1-6,13-14H2,(H,27,33)(H,28,32). The third-order valence-corrected chi connectivity index (χ3v) is 5.83. The Balaban J connectivity index is 1.32. The van der Waals surface area contributed by atoms with Gasteiger partial charge in [0.1, 0.15) is 11.6 Å². The van der Waals surface area contributed by atoms with Crippen molar-refractivity contribution in [3.63, 3.8) is 0 Å². The number of aryl methyl sites for hydroxylation is 1. The van der Waals surface area contributed by atoms with Gasteiger partial charge in [0, 0.05) is 42.1 Å². The molecule has 0 saturated carbocycles. The monoisotopic (exact) mass is 469 g/mol. The van der Waals surface area contributed by atoms with E-state index in [1.54, 1.807) is 36.4 Å². The van der Waals surface area contributed by atoms with E-state index in [0.29, 0.717) is 34.9 Å². The average molecular weight is 470 g/mol. The van der Waals surface area contributed by atoms with Gasteiger partial charge in [-0.05, 0) is 61.7 Å². The summed E-state index contributed by atoms with van der Waals surface area (Å²) in [6, 6.07) is 11.1. The quantitative estimate of drug-likeness (QED) is 0.494. The summed E-state index contributed by atoms with van der Waals surface area (Å²) >= 11 is 5.82. The number of carbonyl (C=O) groups is 2. The molecule has 1 aliphatic heterocycles. The molecule has 1 aliphatic rings. The van der Waals surface area contributed by atoms with Crippen LogP contribution in [0.25, 0.3) is 11.4 Å². The van der Waals surface area contributed by atoms with E-state index in [2.05, 4.69) is 25.4 Å². The Morgan fingerprint density at radius 1 is 1.06 bits per heavy atom. The van der Waals surface area contributed by atoms with Crippen LogP contribution in [0, 0.1) is 5.82 Å². The summed E-state index contributed by atoms with van der Waals surface area (Å²) in [4.78, 5) is 24.4. The lowest BCUT2D eigenvalue weighted by Crippen LogP contribution is -2.25. The van der Waals surface area contributed by atoms with Crippen LogP contribution in [0.3, 0.4) is 0 Å². The molecular weight excluding hydrogens is 445 g/mol. The first kappa shape index (κ1) is 22.9. The summed E-state index contributed by atoms with van der Waals surface area (Å²) in [5.74, 6) is 0.550. The van der Waals surface area contributed by atoms with E-state index in [9.17, 15) is 14.0 Å². The number of nitrogens with one attached hydrogen (secondary N) is 2. The fourth-order valence-electron chi connectivity index (χ4n) is 3.83. The summed E-state index contributed by atoms with van der Waals surface area (Å²) < 4.78 is 16.4. The lowest BCUT2D eigenvalue weighted by molar-refractivity contribution is -0.116. The molecule has 0 atom stereocenters. The number of amides is 2. The molecule has 33 heavy (non-hydrogen) atoms. The van der Waals surface area contributed by atoms with Crippen molar-refractivity contribution in [1.82, 2.24) is 20.1 Å². The van der Waals surface area contributed by atoms with Gasteiger partial charge in [-0.2, -0.15) is 0 Å². The number of anilines is 1. The van der Waals surface area contributed by atoms with Gasteiger partial charge in [0.05, 0.1) is 5.69 Å². The fourth-order valence-corrected chi connectivity index (χ4v) is 3.95. The molecule has 7 nitrogen and oxygen atoms in total. The summed E-state index contributed by atoms with van der Waals surface area (Å²) in [5.41, 5.74) is 1.31. The molecule has 9 heteroatoms. The Hall–Kier alpha value is -3.26. The van der Waals surface area contributed by atoms with E-state index in [1.807, 2.05) is 0 Å². The van der Waals surface area contributed by atoms with Gasteiger partial charge in [-0.15, -0.1) is 10.2 Å². The van der Waals surface area contributed by atoms with Gasteiger partial charge in [0.2, 0.25) is 5.91 Å². The Bertz CT molecular complexity index is 1150. The van der Waals surface area contributed by atoms with Crippen molar-refractivity contribution in [2.75, 3.05) is 11.9 Å². The first-order valence-corrected chi connectivity index (χ1v) is 11.4. The second-order valence-corrected chi connectivity index (χ2v) is 8.45. The van der Waals surface area contributed by atoms with Crippen molar-refractivity contribution < 1.29 is 14.0 Å².